The predicted octanol–water partition coefficient (Wildman–Crippen LogP) is 2.61. The summed E-state index contributed by atoms with van der Waals surface area (Å²) in [5.74, 6) is 3.97. The molecule has 0 saturated heterocycles. The number of hydrogen-bond acceptors (Lipinski definition) is 5. The minimum Gasteiger partial charge on any atom is -0.481 e. The number of alkyl halides is 3. The third-order valence-corrected chi connectivity index (χ3v) is 5.27. The van der Waals surface area contributed by atoms with Crippen LogP contribution in [0, 0.1) is 29.6 Å². The first-order valence-corrected chi connectivity index (χ1v) is 9.11. The number of nitrogens with zero attached hydrogens (tertiary/aromatic N) is 1. The fraction of sp³-hybridized carbons (Fsp3) is 0.500. The van der Waals surface area contributed by atoms with Gasteiger partial charge in [0.2, 0.25) is 0 Å². The molecule has 0 heterocycles. The van der Waals surface area contributed by atoms with Crippen LogP contribution in [-0.4, -0.2) is 39.7 Å². The molecular weight excluding hydrogens is 391 g/mol. The molecule has 156 valence electrons. The van der Waals surface area contributed by atoms with Crippen LogP contribution in [-0.2, 0) is 15.8 Å². The maximum absolute atomic E-state index is 12.8. The van der Waals surface area contributed by atoms with E-state index in [1.165, 1.54) is 12.1 Å². The Balaban J connectivity index is 1.62. The second-order valence-corrected chi connectivity index (χ2v) is 7.18. The molecule has 0 radical (unpaired) electrons. The van der Waals surface area contributed by atoms with Crippen molar-refractivity contribution in [3.05, 3.63) is 35.4 Å². The zero-order chi connectivity index (χ0) is 21.2. The van der Waals surface area contributed by atoms with Crippen molar-refractivity contribution in [2.45, 2.75) is 37.6 Å². The number of carboxylic acid groups (broad SMARTS) is 1. The zero-order valence-corrected chi connectivity index (χ0v) is 15.3. The summed E-state index contributed by atoms with van der Waals surface area (Å²) in [7, 11) is 0. The molecule has 3 rings (SSSR count). The van der Waals surface area contributed by atoms with Gasteiger partial charge >= 0.3 is 12.1 Å². The van der Waals surface area contributed by atoms with E-state index in [1.807, 2.05) is 0 Å². The number of aliphatic carboxylic acids is 1. The fourth-order valence-corrected chi connectivity index (χ4v) is 3.72. The van der Waals surface area contributed by atoms with Crippen molar-refractivity contribution in [3.63, 3.8) is 0 Å². The maximum atomic E-state index is 12.8. The van der Waals surface area contributed by atoms with E-state index in [9.17, 15) is 28.2 Å². The third-order valence-electron chi connectivity index (χ3n) is 5.27. The van der Waals surface area contributed by atoms with Crippen molar-refractivity contribution in [1.29, 1.82) is 0 Å². The Morgan fingerprint density at radius 3 is 2.83 bits per heavy atom. The average Bonchev–Trinajstić information content (AvgIpc) is 2.89. The first-order valence-electron chi connectivity index (χ1n) is 9.11. The normalized spacial score (nSPS) is 28.1. The van der Waals surface area contributed by atoms with Gasteiger partial charge in [-0.15, -0.1) is 0 Å². The highest BCUT2D eigenvalue weighted by atomic mass is 19.4. The second-order valence-electron chi connectivity index (χ2n) is 7.18. The topological polar surface area (TPSA) is 99.4 Å². The molecule has 3 N–H and O–H groups in total. The number of carbonyl (C=O) groups is 1. The van der Waals surface area contributed by atoms with Crippen molar-refractivity contribution in [1.82, 2.24) is 0 Å². The number of rotatable bonds is 5. The molecule has 2 aliphatic carbocycles. The van der Waals surface area contributed by atoms with Crippen molar-refractivity contribution >= 4 is 11.7 Å². The van der Waals surface area contributed by atoms with Crippen molar-refractivity contribution in [2.75, 3.05) is 6.61 Å². The van der Waals surface area contributed by atoms with Gasteiger partial charge in [-0.1, -0.05) is 29.1 Å². The summed E-state index contributed by atoms with van der Waals surface area (Å²) in [5.41, 5.74) is -0.0826. The van der Waals surface area contributed by atoms with Gasteiger partial charge in [0.1, 0.15) is 12.7 Å². The molecule has 9 heteroatoms. The van der Waals surface area contributed by atoms with Crippen LogP contribution in [0.1, 0.15) is 36.5 Å². The number of aliphatic hydroxyl groups is 2. The van der Waals surface area contributed by atoms with Gasteiger partial charge in [-0.2, -0.15) is 13.2 Å². The molecule has 2 fully saturated rings. The lowest BCUT2D eigenvalue weighted by molar-refractivity contribution is -0.138. The number of halogens is 3. The summed E-state index contributed by atoms with van der Waals surface area (Å²) in [5, 5.41) is 32.9. The Kier molecular flexibility index (Phi) is 6.15. The first kappa shape index (κ1) is 21.1. The quantitative estimate of drug-likeness (QED) is 0.393. The molecule has 0 bridgehead atoms. The van der Waals surface area contributed by atoms with Gasteiger partial charge in [0.05, 0.1) is 29.7 Å². The standard InChI is InChI=1S/C20H20F3NO5/c21-20(22,23)12-3-1-2-11(8-12)17(25)5-4-13-14-9-16(15(14)10-18(13)26)24-29-7-6-19(27)28/h1-3,8,13-15,17-18,25-26H,6-7,9-10H2,(H,27,28). The van der Waals surface area contributed by atoms with E-state index in [4.69, 9.17) is 9.94 Å². The zero-order valence-electron chi connectivity index (χ0n) is 15.3. The molecule has 29 heavy (non-hydrogen) atoms. The Hall–Kier alpha value is -2.57. The van der Waals surface area contributed by atoms with Crippen LogP contribution in [0.5, 0.6) is 0 Å². The lowest BCUT2D eigenvalue weighted by Crippen LogP contribution is -2.36. The molecule has 0 aromatic heterocycles. The number of oxime groups is 1. The van der Waals surface area contributed by atoms with Gasteiger partial charge in [-0.3, -0.25) is 4.79 Å². The fourth-order valence-electron chi connectivity index (χ4n) is 3.72. The van der Waals surface area contributed by atoms with Crippen molar-refractivity contribution in [3.8, 4) is 11.8 Å². The van der Waals surface area contributed by atoms with Gasteiger partial charge in [-0.25, -0.2) is 0 Å². The van der Waals surface area contributed by atoms with Gasteiger partial charge < -0.3 is 20.2 Å². The highest BCUT2D eigenvalue weighted by molar-refractivity contribution is 5.93. The summed E-state index contributed by atoms with van der Waals surface area (Å²) in [4.78, 5) is 15.4. The lowest BCUT2D eigenvalue weighted by Gasteiger charge is -2.33. The highest BCUT2D eigenvalue weighted by Crippen LogP contribution is 2.48. The Bertz CT molecular complexity index is 858. The molecule has 0 aliphatic heterocycles. The summed E-state index contributed by atoms with van der Waals surface area (Å²) in [6.45, 7) is -0.0365. The van der Waals surface area contributed by atoms with E-state index in [1.54, 1.807) is 0 Å². The van der Waals surface area contributed by atoms with Crippen LogP contribution in [0.3, 0.4) is 0 Å². The molecular formula is C20H20F3NO5. The van der Waals surface area contributed by atoms with Crippen LogP contribution in [0.4, 0.5) is 13.2 Å². The van der Waals surface area contributed by atoms with Crippen LogP contribution < -0.4 is 0 Å². The van der Waals surface area contributed by atoms with Gasteiger partial charge in [-0.05, 0) is 36.5 Å². The van der Waals surface area contributed by atoms with E-state index in [2.05, 4.69) is 17.0 Å². The third kappa shape index (κ3) is 4.89. The predicted molar refractivity (Wildman–Crippen MR) is 95.5 cm³/mol. The number of carboxylic acids is 1. The maximum Gasteiger partial charge on any atom is 0.416 e. The number of benzene rings is 1. The smallest absolute Gasteiger partial charge is 0.416 e. The van der Waals surface area contributed by atoms with Crippen LogP contribution >= 0.6 is 0 Å². The Morgan fingerprint density at radius 1 is 1.38 bits per heavy atom. The largest absolute Gasteiger partial charge is 0.481 e. The number of aliphatic hydroxyl groups excluding tert-OH is 2. The van der Waals surface area contributed by atoms with Gasteiger partial charge in [0, 0.05) is 5.92 Å². The van der Waals surface area contributed by atoms with E-state index < -0.39 is 35.8 Å². The molecule has 2 saturated carbocycles. The van der Waals surface area contributed by atoms with E-state index >= 15 is 0 Å². The Labute approximate surface area is 165 Å². The molecule has 1 aromatic carbocycles. The summed E-state index contributed by atoms with van der Waals surface area (Å²) < 4.78 is 38.4. The molecule has 0 spiro atoms. The Morgan fingerprint density at radius 2 is 2.14 bits per heavy atom. The highest BCUT2D eigenvalue weighted by Gasteiger charge is 2.51. The molecule has 5 atom stereocenters. The van der Waals surface area contributed by atoms with Crippen molar-refractivity contribution in [2.24, 2.45) is 22.9 Å². The van der Waals surface area contributed by atoms with E-state index in [0.717, 1.165) is 17.8 Å². The molecule has 5 unspecified atom stereocenters. The molecule has 6 nitrogen and oxygen atoms in total. The lowest BCUT2D eigenvalue weighted by atomic mass is 9.71. The van der Waals surface area contributed by atoms with Crippen LogP contribution in [0.25, 0.3) is 0 Å². The minimum absolute atomic E-state index is 0.0213. The minimum atomic E-state index is -4.51. The van der Waals surface area contributed by atoms with Gasteiger partial charge in [0.25, 0.3) is 0 Å². The summed E-state index contributed by atoms with van der Waals surface area (Å²) in [6.07, 6.45) is -5.84. The SMILES string of the molecule is O=C(O)CCON=C1CC2C1CC(O)C2C#CC(O)c1cccc(C(F)(F)F)c1. The first-order chi connectivity index (χ1) is 13.7. The second kappa shape index (κ2) is 8.43. The van der Waals surface area contributed by atoms with E-state index in [0.29, 0.717) is 12.8 Å². The number of fused-ring (bicyclic) bond motifs is 1. The van der Waals surface area contributed by atoms with Crippen LogP contribution in [0.2, 0.25) is 0 Å². The van der Waals surface area contributed by atoms with E-state index in [-0.39, 0.29) is 30.4 Å². The molecule has 1 aromatic rings. The van der Waals surface area contributed by atoms with Crippen molar-refractivity contribution < 1.29 is 38.1 Å². The molecule has 0 amide bonds. The van der Waals surface area contributed by atoms with Gasteiger partial charge in [0.15, 0.2) is 0 Å². The number of hydrogen-bond donors (Lipinski definition) is 3. The van der Waals surface area contributed by atoms with Crippen LogP contribution in [0.15, 0.2) is 29.4 Å². The summed E-state index contributed by atoms with van der Waals surface area (Å²) >= 11 is 0. The average molecular weight is 411 g/mol. The molecule has 2 aliphatic rings. The summed E-state index contributed by atoms with van der Waals surface area (Å²) in [6, 6.07) is 4.35. The monoisotopic (exact) mass is 411 g/mol.